The second-order valence-electron chi connectivity index (χ2n) is 6.96. The number of nitroso groups, excluding NO2 is 4. The predicted molar refractivity (Wildman–Crippen MR) is 126 cm³/mol. The molecule has 0 spiro atoms. The Morgan fingerprint density at radius 1 is 0.629 bits per heavy atom. The molecule has 3 aromatic carbocycles. The zero-order valence-corrected chi connectivity index (χ0v) is 17.8. The second kappa shape index (κ2) is 9.66. The van der Waals surface area contributed by atoms with Gasteiger partial charge in [-0.1, -0.05) is 0 Å². The molecule has 0 aliphatic rings. The maximum absolute atomic E-state index is 11.5. The first-order valence-electron chi connectivity index (χ1n) is 9.77. The van der Waals surface area contributed by atoms with Gasteiger partial charge in [0.05, 0.1) is 7.11 Å². The van der Waals surface area contributed by atoms with Gasteiger partial charge in [-0.15, -0.1) is 19.6 Å². The Morgan fingerprint density at radius 3 is 1.63 bits per heavy atom. The summed E-state index contributed by atoms with van der Waals surface area (Å²) >= 11 is 0. The van der Waals surface area contributed by atoms with Crippen LogP contribution in [0.1, 0.15) is 0 Å². The van der Waals surface area contributed by atoms with Crippen LogP contribution in [-0.2, 0) is 0 Å². The van der Waals surface area contributed by atoms with E-state index in [4.69, 9.17) is 4.74 Å². The van der Waals surface area contributed by atoms with E-state index in [9.17, 15) is 24.7 Å². The van der Waals surface area contributed by atoms with Gasteiger partial charge in [0.25, 0.3) is 0 Å². The van der Waals surface area contributed by atoms with E-state index in [1.54, 1.807) is 6.07 Å². The third kappa shape index (κ3) is 4.45. The van der Waals surface area contributed by atoms with Gasteiger partial charge in [-0.05, 0) is 63.2 Å². The average molecular weight is 471 g/mol. The normalized spacial score (nSPS) is 10.4. The fraction of sp³-hybridized carbons (Fsp3) is 0.0455. The van der Waals surface area contributed by atoms with Crippen molar-refractivity contribution in [1.29, 1.82) is 0 Å². The number of aromatic nitrogens is 3. The molecule has 0 amide bonds. The van der Waals surface area contributed by atoms with E-state index in [0.29, 0.717) is 5.75 Å². The highest BCUT2D eigenvalue weighted by Gasteiger charge is 2.20. The molecule has 13 heteroatoms. The average Bonchev–Trinajstić information content (AvgIpc) is 2.91. The van der Waals surface area contributed by atoms with E-state index < -0.39 is 0 Å². The van der Waals surface area contributed by atoms with Gasteiger partial charge < -0.3 is 9.84 Å². The Morgan fingerprint density at radius 2 is 1.11 bits per heavy atom. The first-order chi connectivity index (χ1) is 17.0. The Balaban J connectivity index is 2.03. The molecule has 4 aromatic rings. The van der Waals surface area contributed by atoms with Crippen molar-refractivity contribution >= 4 is 22.7 Å². The van der Waals surface area contributed by atoms with Crippen LogP contribution in [0.25, 0.3) is 34.2 Å². The summed E-state index contributed by atoms with van der Waals surface area (Å²) in [5.41, 5.74) is 0.0674. The van der Waals surface area contributed by atoms with Crippen molar-refractivity contribution in [2.45, 2.75) is 0 Å². The van der Waals surface area contributed by atoms with Crippen LogP contribution in [-0.4, -0.2) is 27.2 Å². The fourth-order valence-electron chi connectivity index (χ4n) is 3.27. The first-order valence-corrected chi connectivity index (χ1v) is 9.77. The maximum Gasteiger partial charge on any atom is 0.166 e. The lowest BCUT2D eigenvalue weighted by Gasteiger charge is -2.11. The molecule has 0 saturated heterocycles. The lowest BCUT2D eigenvalue weighted by Crippen LogP contribution is -2.01. The molecule has 0 atom stereocenters. The molecule has 1 heterocycles. The van der Waals surface area contributed by atoms with Crippen molar-refractivity contribution in [2.24, 2.45) is 20.7 Å². The Labute approximate surface area is 195 Å². The number of rotatable bonds is 8. The number of hydrogen-bond acceptors (Lipinski definition) is 13. The van der Waals surface area contributed by atoms with E-state index in [0.717, 1.165) is 12.1 Å². The Kier molecular flexibility index (Phi) is 6.31. The lowest BCUT2D eigenvalue weighted by atomic mass is 10.1. The minimum absolute atomic E-state index is 0.0263. The van der Waals surface area contributed by atoms with Gasteiger partial charge in [0.15, 0.2) is 17.5 Å². The van der Waals surface area contributed by atoms with E-state index in [-0.39, 0.29) is 62.7 Å². The van der Waals surface area contributed by atoms with Crippen LogP contribution in [0.5, 0.6) is 11.5 Å². The van der Waals surface area contributed by atoms with E-state index in [2.05, 4.69) is 35.7 Å². The van der Waals surface area contributed by atoms with Crippen molar-refractivity contribution in [2.75, 3.05) is 7.11 Å². The van der Waals surface area contributed by atoms with Gasteiger partial charge >= 0.3 is 0 Å². The smallest absolute Gasteiger partial charge is 0.166 e. The number of hydrogen-bond donors (Lipinski definition) is 1. The SMILES string of the molecule is COc1ccc(-c2nc(-c3ccc(O)cc3N=O)nc(-c3ccc(N=O)cc3N=O)n2)c(N=O)c1. The van der Waals surface area contributed by atoms with E-state index in [1.807, 2.05) is 0 Å². The maximum atomic E-state index is 11.5. The summed E-state index contributed by atoms with van der Waals surface area (Å²) in [6.07, 6.45) is 0. The van der Waals surface area contributed by atoms with Crippen molar-refractivity contribution in [1.82, 2.24) is 15.0 Å². The number of ether oxygens (including phenoxy) is 1. The molecule has 0 aliphatic carbocycles. The van der Waals surface area contributed by atoms with Gasteiger partial charge in [0.2, 0.25) is 0 Å². The lowest BCUT2D eigenvalue weighted by molar-refractivity contribution is 0.415. The zero-order chi connectivity index (χ0) is 24.9. The summed E-state index contributed by atoms with van der Waals surface area (Å²) in [6, 6.07) is 12.1. The summed E-state index contributed by atoms with van der Waals surface area (Å²) in [5, 5.41) is 21.4. The zero-order valence-electron chi connectivity index (χ0n) is 17.8. The third-order valence-electron chi connectivity index (χ3n) is 4.93. The molecule has 0 radical (unpaired) electrons. The third-order valence-corrected chi connectivity index (χ3v) is 4.93. The van der Waals surface area contributed by atoms with E-state index >= 15 is 0 Å². The van der Waals surface area contributed by atoms with Crippen molar-refractivity contribution in [3.8, 4) is 45.7 Å². The van der Waals surface area contributed by atoms with Gasteiger partial charge in [0, 0.05) is 28.8 Å². The molecule has 1 aromatic heterocycles. The van der Waals surface area contributed by atoms with Gasteiger partial charge in [-0.3, -0.25) is 0 Å². The summed E-state index contributed by atoms with van der Waals surface area (Å²) in [7, 11) is 1.42. The number of benzene rings is 3. The number of nitrogens with zero attached hydrogens (tertiary/aromatic N) is 7. The number of phenols is 1. The van der Waals surface area contributed by atoms with Crippen molar-refractivity contribution in [3.63, 3.8) is 0 Å². The first kappa shape index (κ1) is 22.8. The summed E-state index contributed by atoms with van der Waals surface area (Å²) < 4.78 is 5.12. The molecule has 4 rings (SSSR count). The minimum Gasteiger partial charge on any atom is -0.508 e. The van der Waals surface area contributed by atoms with Gasteiger partial charge in [-0.25, -0.2) is 15.0 Å². The predicted octanol–water partition coefficient (Wildman–Crippen LogP) is 6.18. The summed E-state index contributed by atoms with van der Waals surface area (Å²) in [5.74, 6) is 0.0241. The molecular weight excluding hydrogens is 458 g/mol. The number of methoxy groups -OCH3 is 1. The molecule has 1 N–H and O–H groups in total. The fourth-order valence-corrected chi connectivity index (χ4v) is 3.27. The molecule has 0 aliphatic heterocycles. The van der Waals surface area contributed by atoms with Crippen LogP contribution in [0.15, 0.2) is 75.3 Å². The van der Waals surface area contributed by atoms with Crippen LogP contribution < -0.4 is 4.74 Å². The second-order valence-corrected chi connectivity index (χ2v) is 6.96. The minimum atomic E-state index is -0.204. The Bertz CT molecular complexity index is 1490. The topological polar surface area (TPSA) is 186 Å². The largest absolute Gasteiger partial charge is 0.508 e. The van der Waals surface area contributed by atoms with Crippen LogP contribution in [0.3, 0.4) is 0 Å². The van der Waals surface area contributed by atoms with Crippen molar-refractivity contribution < 1.29 is 9.84 Å². The molecule has 0 bridgehead atoms. The standard InChI is InChI=1S/C22H13N7O6/c1-35-13-4-7-16(19(10-13)29-34)22-24-20(14-5-2-11(26-31)8-17(14)27-32)23-21(25-22)15-6-3-12(30)9-18(15)28-33/h2-10,30H,1H3. The van der Waals surface area contributed by atoms with Crippen LogP contribution >= 0.6 is 0 Å². The van der Waals surface area contributed by atoms with Crippen molar-refractivity contribution in [3.05, 3.63) is 74.2 Å². The molecular formula is C22H13N7O6. The number of aromatic hydroxyl groups is 1. The highest BCUT2D eigenvalue weighted by atomic mass is 16.5. The summed E-state index contributed by atoms with van der Waals surface area (Å²) in [4.78, 5) is 58.4. The van der Waals surface area contributed by atoms with Crippen LogP contribution in [0.2, 0.25) is 0 Å². The molecule has 0 fully saturated rings. The molecule has 35 heavy (non-hydrogen) atoms. The number of phenolic OH excluding ortho intramolecular Hbond substituents is 1. The quantitative estimate of drug-likeness (QED) is 0.293. The van der Waals surface area contributed by atoms with E-state index in [1.165, 1.54) is 43.5 Å². The van der Waals surface area contributed by atoms with Crippen LogP contribution in [0.4, 0.5) is 22.7 Å². The summed E-state index contributed by atoms with van der Waals surface area (Å²) in [6.45, 7) is 0. The molecule has 172 valence electrons. The van der Waals surface area contributed by atoms with Gasteiger partial charge in [-0.2, -0.15) is 0 Å². The van der Waals surface area contributed by atoms with Crippen LogP contribution in [0, 0.1) is 19.6 Å². The molecule has 13 nitrogen and oxygen atoms in total. The van der Waals surface area contributed by atoms with Gasteiger partial charge in [0.1, 0.15) is 34.2 Å². The highest BCUT2D eigenvalue weighted by Crippen LogP contribution is 2.38. The Hall–Kier alpha value is -5.33. The monoisotopic (exact) mass is 471 g/mol. The molecule has 0 unspecified atom stereocenters. The highest BCUT2D eigenvalue weighted by molar-refractivity contribution is 5.80. The molecule has 0 saturated carbocycles.